The molecule has 4 rings (SSSR count). The first-order valence-corrected chi connectivity index (χ1v) is 9.51. The number of fused-ring (bicyclic) bond motifs is 1. The molecule has 0 saturated carbocycles. The second-order valence-corrected chi connectivity index (χ2v) is 7.23. The standard InChI is InChI=1S/C23H14ClNO6/c1-13-2-11-18-19(12-13)30-21(14-3-7-16(24)8-4-14)22(20(18)26)31-23(27)15-5-9-17(10-6-15)25(28)29/h2-12H,1H3. The lowest BCUT2D eigenvalue weighted by Crippen LogP contribution is -2.16. The highest BCUT2D eigenvalue weighted by atomic mass is 35.5. The van der Waals surface area contributed by atoms with Gasteiger partial charge < -0.3 is 9.15 Å². The summed E-state index contributed by atoms with van der Waals surface area (Å²) in [6.07, 6.45) is 0. The van der Waals surface area contributed by atoms with Gasteiger partial charge in [0.15, 0.2) is 5.76 Å². The summed E-state index contributed by atoms with van der Waals surface area (Å²) in [4.78, 5) is 36.1. The number of carbonyl (C=O) groups excluding carboxylic acids is 1. The second kappa shape index (κ2) is 8.04. The largest absolute Gasteiger partial charge is 0.452 e. The first kappa shape index (κ1) is 20.3. The molecule has 0 atom stereocenters. The van der Waals surface area contributed by atoms with Gasteiger partial charge >= 0.3 is 5.97 Å². The van der Waals surface area contributed by atoms with Crippen LogP contribution in [0, 0.1) is 17.0 Å². The van der Waals surface area contributed by atoms with Gasteiger partial charge in [-0.15, -0.1) is 0 Å². The molecular weight excluding hydrogens is 422 g/mol. The Morgan fingerprint density at radius 1 is 1.03 bits per heavy atom. The van der Waals surface area contributed by atoms with E-state index in [0.29, 0.717) is 16.2 Å². The van der Waals surface area contributed by atoms with Crippen LogP contribution in [0.1, 0.15) is 15.9 Å². The van der Waals surface area contributed by atoms with E-state index < -0.39 is 16.3 Å². The zero-order chi connectivity index (χ0) is 22.1. The molecule has 0 unspecified atom stereocenters. The van der Waals surface area contributed by atoms with Gasteiger partial charge in [-0.05, 0) is 61.0 Å². The van der Waals surface area contributed by atoms with Crippen molar-refractivity contribution in [2.45, 2.75) is 6.92 Å². The molecule has 8 heteroatoms. The molecule has 0 saturated heterocycles. The fraction of sp³-hybridized carbons (Fsp3) is 0.0435. The van der Waals surface area contributed by atoms with E-state index in [1.54, 1.807) is 42.5 Å². The van der Waals surface area contributed by atoms with Crippen molar-refractivity contribution in [1.82, 2.24) is 0 Å². The van der Waals surface area contributed by atoms with Crippen molar-refractivity contribution in [2.75, 3.05) is 0 Å². The Bertz CT molecular complexity index is 1370. The van der Waals surface area contributed by atoms with Gasteiger partial charge in [0.25, 0.3) is 5.69 Å². The van der Waals surface area contributed by atoms with Crippen LogP contribution in [0.2, 0.25) is 5.02 Å². The van der Waals surface area contributed by atoms with Crippen LogP contribution in [-0.2, 0) is 0 Å². The normalized spacial score (nSPS) is 10.8. The monoisotopic (exact) mass is 435 g/mol. The maximum atomic E-state index is 13.2. The molecule has 0 amide bonds. The third-order valence-corrected chi connectivity index (χ3v) is 4.87. The fourth-order valence-electron chi connectivity index (χ4n) is 3.04. The molecule has 0 fully saturated rings. The number of non-ortho nitro benzene ring substituents is 1. The van der Waals surface area contributed by atoms with E-state index in [-0.39, 0.29) is 28.1 Å². The van der Waals surface area contributed by atoms with Crippen molar-refractivity contribution < 1.29 is 18.9 Å². The molecule has 1 heterocycles. The highest BCUT2D eigenvalue weighted by Gasteiger charge is 2.22. The summed E-state index contributed by atoms with van der Waals surface area (Å²) in [6, 6.07) is 16.5. The number of halogens is 1. The van der Waals surface area contributed by atoms with Crippen LogP contribution in [0.5, 0.6) is 5.75 Å². The molecule has 0 bridgehead atoms. The molecule has 154 valence electrons. The van der Waals surface area contributed by atoms with Gasteiger partial charge in [-0.25, -0.2) is 4.79 Å². The number of benzene rings is 3. The Labute approximate surface area is 180 Å². The zero-order valence-corrected chi connectivity index (χ0v) is 16.9. The lowest BCUT2D eigenvalue weighted by molar-refractivity contribution is -0.384. The molecule has 0 aliphatic heterocycles. The number of rotatable bonds is 4. The van der Waals surface area contributed by atoms with Crippen LogP contribution < -0.4 is 10.2 Å². The number of hydrogen-bond acceptors (Lipinski definition) is 6. The van der Waals surface area contributed by atoms with Crippen molar-refractivity contribution in [2.24, 2.45) is 0 Å². The third kappa shape index (κ3) is 4.04. The smallest absolute Gasteiger partial charge is 0.343 e. The number of nitro groups is 1. The minimum Gasteiger partial charge on any atom is -0.452 e. The quantitative estimate of drug-likeness (QED) is 0.237. The number of nitrogens with zero attached hydrogens (tertiary/aromatic N) is 1. The summed E-state index contributed by atoms with van der Waals surface area (Å²) in [6.45, 7) is 1.87. The van der Waals surface area contributed by atoms with Gasteiger partial charge in [0.1, 0.15) is 5.58 Å². The Balaban J connectivity index is 1.84. The number of hydrogen-bond donors (Lipinski definition) is 0. The molecule has 7 nitrogen and oxygen atoms in total. The first-order valence-electron chi connectivity index (χ1n) is 9.13. The van der Waals surface area contributed by atoms with Crippen LogP contribution >= 0.6 is 11.6 Å². The maximum absolute atomic E-state index is 13.2. The zero-order valence-electron chi connectivity index (χ0n) is 16.1. The number of esters is 1. The minimum atomic E-state index is -0.844. The number of aryl methyl sites for hydroxylation is 1. The highest BCUT2D eigenvalue weighted by molar-refractivity contribution is 6.30. The van der Waals surface area contributed by atoms with E-state index >= 15 is 0 Å². The lowest BCUT2D eigenvalue weighted by Gasteiger charge is -2.11. The molecule has 0 aliphatic carbocycles. The summed E-state index contributed by atoms with van der Waals surface area (Å²) < 4.78 is 11.4. The topological polar surface area (TPSA) is 99.7 Å². The van der Waals surface area contributed by atoms with Gasteiger partial charge in [0.2, 0.25) is 11.2 Å². The Hall–Kier alpha value is -3.97. The Kier molecular flexibility index (Phi) is 5.27. The summed E-state index contributed by atoms with van der Waals surface area (Å²) in [5, 5.41) is 11.6. The van der Waals surface area contributed by atoms with Crippen molar-refractivity contribution in [3.8, 4) is 17.1 Å². The average molecular weight is 436 g/mol. The molecule has 31 heavy (non-hydrogen) atoms. The number of ether oxygens (including phenoxy) is 1. The Morgan fingerprint density at radius 2 is 1.71 bits per heavy atom. The SMILES string of the molecule is Cc1ccc2c(=O)c(OC(=O)c3ccc([N+](=O)[O-])cc3)c(-c3ccc(Cl)cc3)oc2c1. The summed E-state index contributed by atoms with van der Waals surface area (Å²) >= 11 is 5.96. The lowest BCUT2D eigenvalue weighted by atomic mass is 10.1. The molecule has 1 aromatic heterocycles. The maximum Gasteiger partial charge on any atom is 0.343 e. The molecular formula is C23H14ClNO6. The molecule has 0 N–H and O–H groups in total. The average Bonchev–Trinajstić information content (AvgIpc) is 2.76. The summed E-state index contributed by atoms with van der Waals surface area (Å²) in [5.74, 6) is -1.04. The molecule has 0 spiro atoms. The highest BCUT2D eigenvalue weighted by Crippen LogP contribution is 2.32. The minimum absolute atomic E-state index is 0.0519. The van der Waals surface area contributed by atoms with Gasteiger partial charge in [0.05, 0.1) is 15.9 Å². The summed E-state index contributed by atoms with van der Waals surface area (Å²) in [5.41, 5.74) is 1.12. The van der Waals surface area contributed by atoms with Crippen LogP contribution in [0.4, 0.5) is 5.69 Å². The van der Waals surface area contributed by atoms with Crippen molar-refractivity contribution in [3.63, 3.8) is 0 Å². The summed E-state index contributed by atoms with van der Waals surface area (Å²) in [7, 11) is 0. The molecule has 3 aromatic carbocycles. The third-order valence-electron chi connectivity index (χ3n) is 4.62. The van der Waals surface area contributed by atoms with Gasteiger partial charge in [-0.2, -0.15) is 0 Å². The van der Waals surface area contributed by atoms with Crippen LogP contribution in [0.3, 0.4) is 0 Å². The Morgan fingerprint density at radius 3 is 2.35 bits per heavy atom. The van der Waals surface area contributed by atoms with E-state index in [2.05, 4.69) is 0 Å². The van der Waals surface area contributed by atoms with Crippen molar-refractivity contribution >= 4 is 34.2 Å². The first-order chi connectivity index (χ1) is 14.8. The fourth-order valence-corrected chi connectivity index (χ4v) is 3.16. The van der Waals surface area contributed by atoms with Crippen LogP contribution in [0.25, 0.3) is 22.3 Å². The molecule has 0 radical (unpaired) electrons. The van der Waals surface area contributed by atoms with E-state index in [4.69, 9.17) is 20.8 Å². The van der Waals surface area contributed by atoms with E-state index in [0.717, 1.165) is 5.56 Å². The van der Waals surface area contributed by atoms with E-state index in [1.807, 2.05) is 6.92 Å². The molecule has 4 aromatic rings. The predicted octanol–water partition coefficient (Wildman–Crippen LogP) is 5.55. The van der Waals surface area contributed by atoms with E-state index in [1.165, 1.54) is 24.3 Å². The molecule has 0 aliphatic rings. The number of carbonyl (C=O) groups is 1. The predicted molar refractivity (Wildman–Crippen MR) is 116 cm³/mol. The van der Waals surface area contributed by atoms with Crippen LogP contribution in [-0.4, -0.2) is 10.9 Å². The second-order valence-electron chi connectivity index (χ2n) is 6.79. The number of nitro benzene ring substituents is 1. The van der Waals surface area contributed by atoms with Gasteiger partial charge in [0, 0.05) is 22.7 Å². The van der Waals surface area contributed by atoms with Gasteiger partial charge in [-0.3, -0.25) is 14.9 Å². The van der Waals surface area contributed by atoms with Gasteiger partial charge in [-0.1, -0.05) is 17.7 Å². The van der Waals surface area contributed by atoms with E-state index in [9.17, 15) is 19.7 Å². The van der Waals surface area contributed by atoms with Crippen LogP contribution in [0.15, 0.2) is 75.9 Å². The van der Waals surface area contributed by atoms with Crippen molar-refractivity contribution in [1.29, 1.82) is 0 Å². The van der Waals surface area contributed by atoms with Crippen molar-refractivity contribution in [3.05, 3.63) is 103 Å².